The average Bonchev–Trinajstić information content (AvgIpc) is 2.79. The van der Waals surface area contributed by atoms with Crippen molar-refractivity contribution in [1.82, 2.24) is 9.97 Å². The summed E-state index contributed by atoms with van der Waals surface area (Å²) in [7, 11) is 1.55. The maximum Gasteiger partial charge on any atom is 0.419 e. The fourth-order valence-electron chi connectivity index (χ4n) is 3.71. The van der Waals surface area contributed by atoms with Crippen LogP contribution in [0.3, 0.4) is 0 Å². The van der Waals surface area contributed by atoms with E-state index < -0.39 is 17.6 Å². The quantitative estimate of drug-likeness (QED) is 0.265. The second-order valence-corrected chi connectivity index (χ2v) is 7.96. The van der Waals surface area contributed by atoms with Crippen molar-refractivity contribution in [3.05, 3.63) is 94.1 Å². The zero-order valence-electron chi connectivity index (χ0n) is 18.5. The van der Waals surface area contributed by atoms with Crippen LogP contribution in [0.4, 0.5) is 13.2 Å². The molecule has 0 fully saturated rings. The van der Waals surface area contributed by atoms with E-state index >= 15 is 0 Å². The summed E-state index contributed by atoms with van der Waals surface area (Å²) in [6, 6.07) is 14.7. The Morgan fingerprint density at radius 1 is 0.971 bits per heavy atom. The molecule has 2 aromatic carbocycles. The third-order valence-corrected chi connectivity index (χ3v) is 5.42. The van der Waals surface area contributed by atoms with Crippen LogP contribution in [0, 0.1) is 0 Å². The lowest BCUT2D eigenvalue weighted by Gasteiger charge is -2.14. The molecule has 1 amide bonds. The molecule has 0 atom stereocenters. The lowest BCUT2D eigenvalue weighted by atomic mass is 9.75. The summed E-state index contributed by atoms with van der Waals surface area (Å²) in [5.74, 6) is -0.198. The van der Waals surface area contributed by atoms with Gasteiger partial charge >= 0.3 is 6.18 Å². The van der Waals surface area contributed by atoms with Crippen LogP contribution < -0.4 is 5.73 Å². The first-order valence-corrected chi connectivity index (χ1v) is 10.9. The minimum absolute atomic E-state index is 0.0283. The van der Waals surface area contributed by atoms with Gasteiger partial charge in [0.15, 0.2) is 7.28 Å². The molecule has 0 unspecified atom stereocenters. The SMILES string of the molecule is NC(=O)Cc1ccccc1CCc1nc(Cc2ccc(CC[B]C=O)cc2)ncc1C(F)(F)F. The molecule has 1 radical (unpaired) electrons. The summed E-state index contributed by atoms with van der Waals surface area (Å²) < 4.78 is 40.8. The van der Waals surface area contributed by atoms with Gasteiger partial charge in [0.25, 0.3) is 0 Å². The third kappa shape index (κ3) is 7.26. The molecule has 0 aliphatic heterocycles. The fraction of sp³-hybridized carbons (Fsp3) is 0.280. The third-order valence-electron chi connectivity index (χ3n) is 5.42. The molecule has 0 bridgehead atoms. The van der Waals surface area contributed by atoms with E-state index in [2.05, 4.69) is 9.97 Å². The zero-order chi connectivity index (χ0) is 24.6. The number of carbonyl (C=O) groups excluding carboxylic acids is 2. The maximum atomic E-state index is 13.6. The van der Waals surface area contributed by atoms with Crippen LogP contribution in [0.1, 0.15) is 39.3 Å². The number of hydrogen-bond donors (Lipinski definition) is 1. The van der Waals surface area contributed by atoms with E-state index in [1.54, 1.807) is 31.5 Å². The number of rotatable bonds is 11. The Hall–Kier alpha value is -3.49. The van der Waals surface area contributed by atoms with Crippen LogP contribution in [0.25, 0.3) is 0 Å². The van der Waals surface area contributed by atoms with Crippen molar-refractivity contribution in [3.8, 4) is 0 Å². The Labute approximate surface area is 196 Å². The first-order chi connectivity index (χ1) is 16.3. The van der Waals surface area contributed by atoms with Crippen LogP contribution in [0.2, 0.25) is 6.32 Å². The minimum atomic E-state index is -4.57. The minimum Gasteiger partial charge on any atom is -0.369 e. The number of halogens is 3. The van der Waals surface area contributed by atoms with E-state index in [1.165, 1.54) is 0 Å². The van der Waals surface area contributed by atoms with Crippen molar-refractivity contribution < 1.29 is 22.8 Å². The molecule has 0 aliphatic carbocycles. The van der Waals surface area contributed by atoms with Crippen LogP contribution in [0.15, 0.2) is 54.7 Å². The van der Waals surface area contributed by atoms with Crippen LogP contribution in [-0.2, 0) is 47.9 Å². The van der Waals surface area contributed by atoms with Gasteiger partial charge in [0.1, 0.15) is 5.82 Å². The van der Waals surface area contributed by atoms with E-state index in [-0.39, 0.29) is 25.0 Å². The normalized spacial score (nSPS) is 11.3. The standard InChI is InChI=1S/C25H24BF3N3O2/c27-25(28,29)21-15-31-24(13-18-7-5-17(6-8-18)11-12-26-16-33)32-22(21)10-9-19-3-1-2-4-20(19)14-23(30)34/h1-8,15-16H,9-14H2,(H2,30,34). The van der Waals surface area contributed by atoms with Gasteiger partial charge in [-0.3, -0.25) is 4.79 Å². The second kappa shape index (κ2) is 11.6. The van der Waals surface area contributed by atoms with Gasteiger partial charge in [0.05, 0.1) is 23.9 Å². The number of amides is 1. The fourth-order valence-corrected chi connectivity index (χ4v) is 3.71. The first kappa shape index (κ1) is 25.1. The number of hydrogen-bond acceptors (Lipinski definition) is 4. The van der Waals surface area contributed by atoms with Crippen molar-refractivity contribution in [1.29, 1.82) is 0 Å². The highest BCUT2D eigenvalue weighted by atomic mass is 19.4. The van der Waals surface area contributed by atoms with Gasteiger partial charge in [-0.2, -0.15) is 13.2 Å². The summed E-state index contributed by atoms with van der Waals surface area (Å²) >= 11 is 0. The van der Waals surface area contributed by atoms with E-state index in [0.717, 1.165) is 35.5 Å². The van der Waals surface area contributed by atoms with Gasteiger partial charge in [-0.1, -0.05) is 54.9 Å². The number of primary amides is 1. The van der Waals surface area contributed by atoms with Crippen molar-refractivity contribution in [2.24, 2.45) is 5.73 Å². The molecular weight excluding hydrogens is 442 g/mol. The number of carbonyl (C=O) groups is 2. The summed E-state index contributed by atoms with van der Waals surface area (Å²) in [6.07, 6.45) is -0.915. The van der Waals surface area contributed by atoms with Gasteiger partial charge < -0.3 is 10.5 Å². The highest BCUT2D eigenvalue weighted by molar-refractivity contribution is 6.66. The lowest BCUT2D eigenvalue weighted by Crippen LogP contribution is -2.16. The van der Waals surface area contributed by atoms with Crippen molar-refractivity contribution in [2.75, 3.05) is 0 Å². The zero-order valence-corrected chi connectivity index (χ0v) is 18.5. The predicted molar refractivity (Wildman–Crippen MR) is 124 cm³/mol. The molecule has 175 valence electrons. The Morgan fingerprint density at radius 2 is 1.65 bits per heavy atom. The average molecular weight is 466 g/mol. The number of aromatic nitrogens is 2. The van der Waals surface area contributed by atoms with Crippen LogP contribution in [0.5, 0.6) is 0 Å². The lowest BCUT2D eigenvalue weighted by molar-refractivity contribution is -0.138. The maximum absolute atomic E-state index is 13.6. The summed E-state index contributed by atoms with van der Waals surface area (Å²) in [4.78, 5) is 29.9. The Morgan fingerprint density at radius 3 is 2.29 bits per heavy atom. The number of benzene rings is 2. The highest BCUT2D eigenvalue weighted by Gasteiger charge is 2.34. The second-order valence-electron chi connectivity index (χ2n) is 7.96. The topological polar surface area (TPSA) is 85.9 Å². The van der Waals surface area contributed by atoms with Crippen molar-refractivity contribution in [2.45, 2.75) is 44.6 Å². The van der Waals surface area contributed by atoms with Gasteiger partial charge in [0, 0.05) is 12.6 Å². The summed E-state index contributed by atoms with van der Waals surface area (Å²) in [5.41, 5.74) is 7.75. The Kier molecular flexibility index (Phi) is 8.57. The van der Waals surface area contributed by atoms with Crippen LogP contribution >= 0.6 is 0 Å². The molecule has 0 saturated heterocycles. The Balaban J connectivity index is 1.78. The van der Waals surface area contributed by atoms with E-state index in [1.807, 2.05) is 24.3 Å². The van der Waals surface area contributed by atoms with Gasteiger partial charge in [-0.25, -0.2) is 9.97 Å². The Bertz CT molecular complexity index is 1130. The van der Waals surface area contributed by atoms with E-state index in [0.29, 0.717) is 24.1 Å². The molecule has 0 saturated carbocycles. The largest absolute Gasteiger partial charge is 0.419 e. The smallest absolute Gasteiger partial charge is 0.369 e. The van der Waals surface area contributed by atoms with Crippen molar-refractivity contribution >= 4 is 19.4 Å². The molecule has 34 heavy (non-hydrogen) atoms. The molecule has 1 aromatic heterocycles. The van der Waals surface area contributed by atoms with E-state index in [9.17, 15) is 22.8 Å². The van der Waals surface area contributed by atoms with E-state index in [4.69, 9.17) is 5.73 Å². The molecule has 2 N–H and O–H groups in total. The molecule has 3 aromatic rings. The number of aryl methyl sites for hydroxylation is 3. The van der Waals surface area contributed by atoms with Gasteiger partial charge in [-0.05, 0) is 41.5 Å². The molecule has 1 heterocycles. The molecule has 0 aliphatic rings. The first-order valence-electron chi connectivity index (χ1n) is 10.9. The number of nitrogens with two attached hydrogens (primary N) is 1. The summed E-state index contributed by atoms with van der Waals surface area (Å²) in [5, 5.41) is 0. The molecule has 3 rings (SSSR count). The predicted octanol–water partition coefficient (Wildman–Crippen LogP) is 3.75. The molecule has 0 spiro atoms. The number of nitrogens with zero attached hydrogens (tertiary/aromatic N) is 2. The molecule has 5 nitrogen and oxygen atoms in total. The number of alkyl halides is 3. The van der Waals surface area contributed by atoms with Gasteiger partial charge in [-0.15, -0.1) is 0 Å². The molecular formula is C25H24BF3N3O2. The highest BCUT2D eigenvalue weighted by Crippen LogP contribution is 2.31. The monoisotopic (exact) mass is 466 g/mol. The summed E-state index contributed by atoms with van der Waals surface area (Å²) in [6.45, 7) is 0. The molecule has 9 heteroatoms. The van der Waals surface area contributed by atoms with Crippen LogP contribution in [-0.4, -0.2) is 29.3 Å². The van der Waals surface area contributed by atoms with Crippen molar-refractivity contribution in [3.63, 3.8) is 0 Å². The van der Waals surface area contributed by atoms with Gasteiger partial charge in [0.2, 0.25) is 5.91 Å².